The van der Waals surface area contributed by atoms with Gasteiger partial charge in [0, 0.05) is 0 Å². The summed E-state index contributed by atoms with van der Waals surface area (Å²) in [4.78, 5) is 0. The number of hydrogen-bond donors (Lipinski definition) is 1. The Labute approximate surface area is 109 Å². The largest absolute Gasteiger partial charge is 0.508 e. The summed E-state index contributed by atoms with van der Waals surface area (Å²) in [5.74, 6) is 0.957. The molecule has 0 saturated heterocycles. The van der Waals surface area contributed by atoms with E-state index in [9.17, 15) is 5.11 Å². The minimum atomic E-state index is 0.325. The molecule has 1 unspecified atom stereocenters. The highest BCUT2D eigenvalue weighted by molar-refractivity contribution is 5.32. The summed E-state index contributed by atoms with van der Waals surface area (Å²) in [5.41, 5.74) is 3.95. The van der Waals surface area contributed by atoms with Gasteiger partial charge in [-0.15, -0.1) is 0 Å². The van der Waals surface area contributed by atoms with E-state index in [0.717, 1.165) is 6.42 Å². The van der Waals surface area contributed by atoms with Gasteiger partial charge in [-0.1, -0.05) is 50.2 Å². The number of phenolic OH excluding ortho intramolecular Hbond substituents is 1. The fourth-order valence-corrected chi connectivity index (χ4v) is 2.05. The zero-order chi connectivity index (χ0) is 13.0. The molecule has 1 N–H and O–H groups in total. The highest BCUT2D eigenvalue weighted by Gasteiger charge is 2.02. The molecule has 0 radical (unpaired) electrons. The van der Waals surface area contributed by atoms with Crippen molar-refractivity contribution in [3.8, 4) is 5.75 Å². The van der Waals surface area contributed by atoms with Crippen molar-refractivity contribution in [3.05, 3.63) is 65.2 Å². The van der Waals surface area contributed by atoms with Crippen LogP contribution >= 0.6 is 0 Å². The third-order valence-corrected chi connectivity index (χ3v) is 3.51. The second-order valence-electron chi connectivity index (χ2n) is 4.89. The average molecular weight is 240 g/mol. The molecule has 0 fully saturated rings. The maximum atomic E-state index is 9.25. The van der Waals surface area contributed by atoms with Crippen LogP contribution in [0.25, 0.3) is 0 Å². The third kappa shape index (κ3) is 3.13. The van der Waals surface area contributed by atoms with Crippen LogP contribution in [0.4, 0.5) is 0 Å². The maximum absolute atomic E-state index is 9.25. The van der Waals surface area contributed by atoms with E-state index in [4.69, 9.17) is 0 Å². The van der Waals surface area contributed by atoms with Crippen LogP contribution in [0.3, 0.4) is 0 Å². The standard InChI is InChI=1S/C17H20O/c1-3-13(2)16-8-4-14(5-9-16)12-15-6-10-17(18)11-7-15/h4-11,13,18H,3,12H2,1-2H3. The fraction of sp³-hybridized carbons (Fsp3) is 0.294. The first kappa shape index (κ1) is 12.7. The van der Waals surface area contributed by atoms with E-state index in [1.165, 1.54) is 23.1 Å². The number of rotatable bonds is 4. The van der Waals surface area contributed by atoms with Crippen LogP contribution in [0.15, 0.2) is 48.5 Å². The number of benzene rings is 2. The zero-order valence-corrected chi connectivity index (χ0v) is 11.1. The molecule has 1 atom stereocenters. The molecule has 2 aromatic rings. The van der Waals surface area contributed by atoms with Gasteiger partial charge in [0.15, 0.2) is 0 Å². The lowest BCUT2D eigenvalue weighted by Crippen LogP contribution is -1.93. The summed E-state index contributed by atoms with van der Waals surface area (Å²) in [7, 11) is 0. The number of phenols is 1. The quantitative estimate of drug-likeness (QED) is 0.834. The number of aromatic hydroxyl groups is 1. The van der Waals surface area contributed by atoms with Gasteiger partial charge < -0.3 is 5.11 Å². The second-order valence-corrected chi connectivity index (χ2v) is 4.89. The van der Waals surface area contributed by atoms with Crippen molar-refractivity contribution in [1.29, 1.82) is 0 Å². The first-order valence-corrected chi connectivity index (χ1v) is 6.55. The van der Waals surface area contributed by atoms with Crippen LogP contribution in [0.2, 0.25) is 0 Å². The minimum Gasteiger partial charge on any atom is -0.508 e. The Kier molecular flexibility index (Phi) is 4.03. The van der Waals surface area contributed by atoms with Crippen LogP contribution < -0.4 is 0 Å². The van der Waals surface area contributed by atoms with E-state index in [0.29, 0.717) is 11.7 Å². The minimum absolute atomic E-state index is 0.325. The molecular weight excluding hydrogens is 220 g/mol. The summed E-state index contributed by atoms with van der Waals surface area (Å²) in [5, 5.41) is 9.25. The van der Waals surface area contributed by atoms with Crippen molar-refractivity contribution < 1.29 is 5.11 Å². The lowest BCUT2D eigenvalue weighted by molar-refractivity contribution is 0.475. The Morgan fingerprint density at radius 1 is 0.889 bits per heavy atom. The maximum Gasteiger partial charge on any atom is 0.115 e. The van der Waals surface area contributed by atoms with Crippen LogP contribution in [-0.4, -0.2) is 5.11 Å². The lowest BCUT2D eigenvalue weighted by Gasteiger charge is -2.09. The predicted molar refractivity (Wildman–Crippen MR) is 76.1 cm³/mol. The first-order chi connectivity index (χ1) is 8.69. The summed E-state index contributed by atoms with van der Waals surface area (Å²) >= 11 is 0. The van der Waals surface area contributed by atoms with Gasteiger partial charge in [-0.25, -0.2) is 0 Å². The normalized spacial score (nSPS) is 12.3. The Bertz CT molecular complexity index is 482. The van der Waals surface area contributed by atoms with Gasteiger partial charge in [0.25, 0.3) is 0 Å². The highest BCUT2D eigenvalue weighted by atomic mass is 16.3. The molecule has 0 heterocycles. The predicted octanol–water partition coefficient (Wildman–Crippen LogP) is 4.50. The van der Waals surface area contributed by atoms with Crippen molar-refractivity contribution in [2.45, 2.75) is 32.6 Å². The third-order valence-electron chi connectivity index (χ3n) is 3.51. The monoisotopic (exact) mass is 240 g/mol. The SMILES string of the molecule is CCC(C)c1ccc(Cc2ccc(O)cc2)cc1. The Morgan fingerprint density at radius 2 is 1.39 bits per heavy atom. The molecule has 0 saturated carbocycles. The molecule has 0 spiro atoms. The second kappa shape index (κ2) is 5.72. The molecule has 0 aliphatic rings. The summed E-state index contributed by atoms with van der Waals surface area (Å²) in [6.07, 6.45) is 2.10. The molecule has 2 aromatic carbocycles. The van der Waals surface area contributed by atoms with Crippen molar-refractivity contribution in [1.82, 2.24) is 0 Å². The molecule has 0 bridgehead atoms. The van der Waals surface area contributed by atoms with E-state index in [1.54, 1.807) is 12.1 Å². The summed E-state index contributed by atoms with van der Waals surface area (Å²) in [6, 6.07) is 16.3. The molecule has 1 nitrogen and oxygen atoms in total. The van der Waals surface area contributed by atoms with Gasteiger partial charge in [0.1, 0.15) is 5.75 Å². The van der Waals surface area contributed by atoms with Gasteiger partial charge in [0.05, 0.1) is 0 Å². The molecule has 0 aromatic heterocycles. The van der Waals surface area contributed by atoms with Gasteiger partial charge in [-0.05, 0) is 47.6 Å². The van der Waals surface area contributed by atoms with Crippen LogP contribution in [0.1, 0.15) is 42.9 Å². The molecule has 94 valence electrons. The van der Waals surface area contributed by atoms with Crippen molar-refractivity contribution in [3.63, 3.8) is 0 Å². The Morgan fingerprint density at radius 3 is 1.89 bits per heavy atom. The number of hydrogen-bond acceptors (Lipinski definition) is 1. The van der Waals surface area contributed by atoms with Gasteiger partial charge in [-0.2, -0.15) is 0 Å². The van der Waals surface area contributed by atoms with E-state index in [2.05, 4.69) is 38.1 Å². The molecule has 0 aliphatic carbocycles. The zero-order valence-electron chi connectivity index (χ0n) is 11.1. The molecule has 0 aliphatic heterocycles. The summed E-state index contributed by atoms with van der Waals surface area (Å²) in [6.45, 7) is 4.48. The van der Waals surface area contributed by atoms with Gasteiger partial charge in [0.2, 0.25) is 0 Å². The van der Waals surface area contributed by atoms with Crippen LogP contribution in [-0.2, 0) is 6.42 Å². The average Bonchev–Trinajstić information content (AvgIpc) is 2.41. The molecule has 0 amide bonds. The van der Waals surface area contributed by atoms with Crippen molar-refractivity contribution >= 4 is 0 Å². The Hall–Kier alpha value is -1.76. The Balaban J connectivity index is 2.08. The van der Waals surface area contributed by atoms with Gasteiger partial charge >= 0.3 is 0 Å². The van der Waals surface area contributed by atoms with Gasteiger partial charge in [-0.3, -0.25) is 0 Å². The smallest absolute Gasteiger partial charge is 0.115 e. The first-order valence-electron chi connectivity index (χ1n) is 6.55. The van der Waals surface area contributed by atoms with E-state index < -0.39 is 0 Å². The highest BCUT2D eigenvalue weighted by Crippen LogP contribution is 2.20. The molecule has 18 heavy (non-hydrogen) atoms. The van der Waals surface area contributed by atoms with Crippen LogP contribution in [0, 0.1) is 0 Å². The van der Waals surface area contributed by atoms with Crippen molar-refractivity contribution in [2.24, 2.45) is 0 Å². The summed E-state index contributed by atoms with van der Waals surface area (Å²) < 4.78 is 0. The van der Waals surface area contributed by atoms with E-state index in [1.807, 2.05) is 12.1 Å². The fourth-order valence-electron chi connectivity index (χ4n) is 2.05. The molecule has 2 rings (SSSR count). The van der Waals surface area contributed by atoms with Crippen LogP contribution in [0.5, 0.6) is 5.75 Å². The lowest BCUT2D eigenvalue weighted by atomic mass is 9.96. The molecular formula is C17H20O. The van der Waals surface area contributed by atoms with E-state index >= 15 is 0 Å². The topological polar surface area (TPSA) is 20.2 Å². The van der Waals surface area contributed by atoms with Crippen molar-refractivity contribution in [2.75, 3.05) is 0 Å². The molecule has 1 heteroatoms. The van der Waals surface area contributed by atoms with E-state index in [-0.39, 0.29) is 0 Å².